The van der Waals surface area contributed by atoms with Gasteiger partial charge >= 0.3 is 36.6 Å². The number of ether oxygens (including phenoxy) is 2. The minimum Gasteiger partial charge on any atom is -0.455 e. The minimum atomic E-state index is -6.06. The lowest BCUT2D eigenvalue weighted by molar-refractivity contribution is -0.412. The maximum Gasteiger partial charge on any atom is 0.430 e. The molecule has 10 unspecified atom stereocenters. The molecule has 2 N–H and O–H groups in total. The summed E-state index contributed by atoms with van der Waals surface area (Å²) >= 11 is 0. The maximum absolute atomic E-state index is 13.5. The van der Waals surface area contributed by atoms with Gasteiger partial charge in [-0.1, -0.05) is 27.7 Å². The lowest BCUT2D eigenvalue weighted by atomic mass is 9.66. The molecular weight excluding hydrogens is 756 g/mol. The number of carbonyl (C=O) groups excluding carboxylic acids is 2. The summed E-state index contributed by atoms with van der Waals surface area (Å²) in [5.41, 5.74) is -18.8. The number of alkyl halides is 12. The highest BCUT2D eigenvalue weighted by Gasteiger charge is 2.82. The lowest BCUT2D eigenvalue weighted by Crippen LogP contribution is -2.71. The molecule has 6 nitrogen and oxygen atoms in total. The molecular formula is C36H50F12O6. The first-order chi connectivity index (χ1) is 24.0. The Hall–Kier alpha value is -1.98. The van der Waals surface area contributed by atoms with Gasteiger partial charge in [-0.3, -0.25) is 9.59 Å². The second-order valence-corrected chi connectivity index (χ2v) is 17.8. The van der Waals surface area contributed by atoms with Crippen LogP contribution in [0.5, 0.6) is 0 Å². The van der Waals surface area contributed by atoms with Crippen LogP contribution in [0.15, 0.2) is 0 Å². The average molecular weight is 807 g/mol. The smallest absolute Gasteiger partial charge is 0.430 e. The molecule has 0 saturated heterocycles. The molecule has 5 rings (SSSR count). The third kappa shape index (κ3) is 6.40. The second kappa shape index (κ2) is 13.3. The third-order valence-corrected chi connectivity index (χ3v) is 14.7. The van der Waals surface area contributed by atoms with Crippen molar-refractivity contribution in [3.05, 3.63) is 0 Å². The molecule has 0 heterocycles. The van der Waals surface area contributed by atoms with E-state index in [1.807, 2.05) is 27.7 Å². The molecule has 0 aromatic heterocycles. The Morgan fingerprint density at radius 1 is 0.593 bits per heavy atom. The summed E-state index contributed by atoms with van der Waals surface area (Å²) in [5.74, 6) is -1.21. The number of esters is 2. The Morgan fingerprint density at radius 3 is 1.24 bits per heavy atom. The summed E-state index contributed by atoms with van der Waals surface area (Å²) < 4.78 is 170. The van der Waals surface area contributed by atoms with E-state index >= 15 is 0 Å². The molecule has 0 spiro atoms. The van der Waals surface area contributed by atoms with Crippen molar-refractivity contribution < 1.29 is 82.0 Å². The molecule has 18 heteroatoms. The van der Waals surface area contributed by atoms with Crippen molar-refractivity contribution in [1.29, 1.82) is 0 Å². The number of halogens is 12. The van der Waals surface area contributed by atoms with Gasteiger partial charge in [-0.05, 0) is 126 Å². The normalized spacial score (nSPS) is 36.9. The first-order valence-corrected chi connectivity index (χ1v) is 18.2. The van der Waals surface area contributed by atoms with Gasteiger partial charge in [0.1, 0.15) is 0 Å². The van der Waals surface area contributed by atoms with Gasteiger partial charge in [0.2, 0.25) is 0 Å². The summed E-state index contributed by atoms with van der Waals surface area (Å²) in [6, 6.07) is 0. The van der Waals surface area contributed by atoms with E-state index in [1.165, 1.54) is 6.92 Å². The summed E-state index contributed by atoms with van der Waals surface area (Å²) in [4.78, 5) is 25.7. The number of fused-ring (bicyclic) bond motifs is 4. The van der Waals surface area contributed by atoms with E-state index in [0.29, 0.717) is 51.4 Å². The zero-order valence-electron chi connectivity index (χ0n) is 31.3. The Labute approximate surface area is 306 Å². The maximum atomic E-state index is 13.5. The van der Waals surface area contributed by atoms with Gasteiger partial charge in [0, 0.05) is 0 Å². The first-order valence-electron chi connectivity index (χ1n) is 18.2. The molecule has 0 aliphatic heterocycles. The van der Waals surface area contributed by atoms with E-state index in [2.05, 4.69) is 0 Å². The predicted molar refractivity (Wildman–Crippen MR) is 167 cm³/mol. The van der Waals surface area contributed by atoms with Crippen molar-refractivity contribution in [2.24, 2.45) is 58.2 Å². The van der Waals surface area contributed by atoms with Crippen molar-refractivity contribution in [2.45, 2.75) is 154 Å². The molecule has 0 aromatic rings. The van der Waals surface area contributed by atoms with E-state index < -0.39 is 82.7 Å². The van der Waals surface area contributed by atoms with E-state index in [9.17, 15) is 72.5 Å². The lowest BCUT2D eigenvalue weighted by Gasteiger charge is -2.47. The quantitative estimate of drug-likeness (QED) is 0.205. The van der Waals surface area contributed by atoms with E-state index in [0.717, 1.165) is 0 Å². The van der Waals surface area contributed by atoms with Crippen LogP contribution in [0.4, 0.5) is 52.7 Å². The summed E-state index contributed by atoms with van der Waals surface area (Å²) in [6.45, 7) is 11.9. The van der Waals surface area contributed by atoms with E-state index in [1.54, 1.807) is 6.92 Å². The highest BCUT2D eigenvalue weighted by Crippen LogP contribution is 2.64. The van der Waals surface area contributed by atoms with Gasteiger partial charge in [0.25, 0.3) is 11.2 Å². The summed E-state index contributed by atoms with van der Waals surface area (Å²) in [7, 11) is 0. The Bertz CT molecular complexity index is 1400. The molecule has 5 aliphatic rings. The van der Waals surface area contributed by atoms with Crippen molar-refractivity contribution in [1.82, 2.24) is 0 Å². The molecule has 54 heavy (non-hydrogen) atoms. The Kier molecular flexibility index (Phi) is 11.0. The van der Waals surface area contributed by atoms with Crippen LogP contribution in [0.3, 0.4) is 0 Å². The highest BCUT2D eigenvalue weighted by molar-refractivity contribution is 5.79. The van der Waals surface area contributed by atoms with Gasteiger partial charge in [-0.15, -0.1) is 0 Å². The van der Waals surface area contributed by atoms with Crippen LogP contribution in [-0.2, 0) is 19.1 Å². The number of aliphatic hydroxyl groups is 2. The number of hydrogen-bond acceptors (Lipinski definition) is 6. The van der Waals surface area contributed by atoms with Crippen LogP contribution in [0.2, 0.25) is 0 Å². The third-order valence-electron chi connectivity index (χ3n) is 14.7. The van der Waals surface area contributed by atoms with Crippen molar-refractivity contribution in [3.8, 4) is 0 Å². The number of rotatable bonds is 6. The topological polar surface area (TPSA) is 93.1 Å². The monoisotopic (exact) mass is 806 g/mol. The van der Waals surface area contributed by atoms with Gasteiger partial charge in [-0.25, -0.2) is 0 Å². The van der Waals surface area contributed by atoms with E-state index in [-0.39, 0.29) is 48.3 Å². The zero-order valence-corrected chi connectivity index (χ0v) is 31.3. The molecule has 5 saturated carbocycles. The fourth-order valence-corrected chi connectivity index (χ4v) is 10.9. The van der Waals surface area contributed by atoms with Crippen LogP contribution in [0, 0.1) is 58.2 Å². The average Bonchev–Trinajstić information content (AvgIpc) is 3.81. The standard InChI is InChI=1S/C19H26F6O3.C17H24F6O3/c1-10-11(2)13-8-12(10)9-15(13,3)14(26)28-16(6-4-5-7-16)17(27,18(20,21)22)19(23,24)25;1-8-9(2)11-6-10(8)7-14(11,5)12(24)26-13(3,4)15(25,16(18,19)20)17(21,22)23/h10-13,27H,4-9H2,1-3H3;8-11,25H,6-7H2,1-5H3. The minimum absolute atomic E-state index is 0.0119. The number of hydrogen-bond donors (Lipinski definition) is 2. The van der Waals surface area contributed by atoms with Crippen molar-refractivity contribution in [2.75, 3.05) is 0 Å². The zero-order chi connectivity index (χ0) is 41.8. The van der Waals surface area contributed by atoms with Gasteiger partial charge in [-0.2, -0.15) is 52.7 Å². The fraction of sp³-hybridized carbons (Fsp3) is 0.944. The van der Waals surface area contributed by atoms with Crippen LogP contribution >= 0.6 is 0 Å². The molecule has 0 aromatic carbocycles. The summed E-state index contributed by atoms with van der Waals surface area (Å²) in [5, 5.41) is 19.6. The highest BCUT2D eigenvalue weighted by atomic mass is 19.4. The molecule has 4 bridgehead atoms. The van der Waals surface area contributed by atoms with Crippen molar-refractivity contribution in [3.63, 3.8) is 0 Å². The van der Waals surface area contributed by atoms with Gasteiger partial charge in [0.05, 0.1) is 10.8 Å². The summed E-state index contributed by atoms with van der Waals surface area (Å²) in [6.07, 6.45) is -23.4. The second-order valence-electron chi connectivity index (χ2n) is 17.8. The Balaban J connectivity index is 0.000000241. The van der Waals surface area contributed by atoms with Crippen LogP contribution < -0.4 is 0 Å². The Morgan fingerprint density at radius 2 is 0.944 bits per heavy atom. The van der Waals surface area contributed by atoms with Gasteiger partial charge in [0.15, 0.2) is 11.2 Å². The molecule has 0 radical (unpaired) electrons. The molecule has 10 atom stereocenters. The van der Waals surface area contributed by atoms with Crippen LogP contribution in [0.25, 0.3) is 0 Å². The van der Waals surface area contributed by atoms with Crippen LogP contribution in [0.1, 0.15) is 107 Å². The molecule has 5 aliphatic carbocycles. The fourth-order valence-electron chi connectivity index (χ4n) is 10.9. The van der Waals surface area contributed by atoms with E-state index in [4.69, 9.17) is 9.47 Å². The SMILES string of the molecule is CC1C2CC(C1C)C(C)(C(=O)OC(C)(C)C(O)(C(F)(F)F)C(F)(F)F)C2.CC1C2CC(C1C)C(C)(C(=O)OC1(C(O)(C(F)(F)F)C(F)(F)F)CCCC1)C2. The van der Waals surface area contributed by atoms with Crippen LogP contribution in [-0.4, -0.2) is 69.3 Å². The largest absolute Gasteiger partial charge is 0.455 e. The number of carbonyl (C=O) groups is 2. The molecule has 0 amide bonds. The van der Waals surface area contributed by atoms with Crippen molar-refractivity contribution >= 4 is 11.9 Å². The first kappa shape index (κ1) is 44.7. The van der Waals surface area contributed by atoms with Gasteiger partial charge < -0.3 is 19.7 Å². The molecule has 5 fully saturated rings. The molecule has 314 valence electrons. The predicted octanol–water partition coefficient (Wildman–Crippen LogP) is 9.50.